The molecule has 0 amide bonds. The molecular weight excluding hydrogens is 286 g/mol. The van der Waals surface area contributed by atoms with Crippen LogP contribution in [0, 0.1) is 17.7 Å². The molecule has 3 atom stereocenters. The van der Waals surface area contributed by atoms with Crippen LogP contribution < -0.4 is 10.5 Å². The Bertz CT molecular complexity index is 489. The van der Waals surface area contributed by atoms with Gasteiger partial charge in [-0.25, -0.2) is 4.39 Å². The summed E-state index contributed by atoms with van der Waals surface area (Å²) in [6.45, 7) is 0. The van der Waals surface area contributed by atoms with E-state index in [2.05, 4.69) is 0 Å². The normalized spacial score (nSPS) is 24.7. The molecule has 1 aromatic rings. The molecule has 1 aliphatic carbocycles. The molecule has 0 bridgehead atoms. The SMILES string of the molecule is COc1cccc(C(N)C2CCCCC2C(F)(F)F)c1F. The lowest BCUT2D eigenvalue weighted by Gasteiger charge is -2.36. The van der Waals surface area contributed by atoms with Crippen molar-refractivity contribution in [2.24, 2.45) is 17.6 Å². The van der Waals surface area contributed by atoms with Crippen LogP contribution in [-0.4, -0.2) is 13.3 Å². The predicted octanol–water partition coefficient (Wildman–Crippen LogP) is 4.20. The van der Waals surface area contributed by atoms with Crippen LogP contribution in [0.2, 0.25) is 0 Å². The summed E-state index contributed by atoms with van der Waals surface area (Å²) in [5.74, 6) is -2.92. The van der Waals surface area contributed by atoms with Gasteiger partial charge in [0.05, 0.1) is 13.0 Å². The second-order valence-electron chi connectivity index (χ2n) is 5.49. The van der Waals surface area contributed by atoms with Crippen LogP contribution in [0.3, 0.4) is 0 Å². The second-order valence-corrected chi connectivity index (χ2v) is 5.49. The maximum absolute atomic E-state index is 14.2. The minimum Gasteiger partial charge on any atom is -0.494 e. The van der Waals surface area contributed by atoms with Crippen molar-refractivity contribution < 1.29 is 22.3 Å². The number of alkyl halides is 3. The number of nitrogens with two attached hydrogens (primary N) is 1. The number of benzene rings is 1. The summed E-state index contributed by atoms with van der Waals surface area (Å²) < 4.78 is 58.5. The van der Waals surface area contributed by atoms with Crippen molar-refractivity contribution in [2.75, 3.05) is 7.11 Å². The first-order valence-electron chi connectivity index (χ1n) is 7.01. The van der Waals surface area contributed by atoms with Gasteiger partial charge in [-0.05, 0) is 24.8 Å². The van der Waals surface area contributed by atoms with Gasteiger partial charge in [0.1, 0.15) is 0 Å². The summed E-state index contributed by atoms with van der Waals surface area (Å²) in [5, 5.41) is 0. The fraction of sp³-hybridized carbons (Fsp3) is 0.600. The minimum atomic E-state index is -4.29. The zero-order chi connectivity index (χ0) is 15.6. The van der Waals surface area contributed by atoms with Crippen molar-refractivity contribution in [3.05, 3.63) is 29.6 Å². The van der Waals surface area contributed by atoms with Gasteiger partial charge in [0.25, 0.3) is 0 Å². The Morgan fingerprint density at radius 1 is 1.24 bits per heavy atom. The van der Waals surface area contributed by atoms with Gasteiger partial charge in [-0.1, -0.05) is 25.0 Å². The molecule has 1 aliphatic rings. The van der Waals surface area contributed by atoms with Gasteiger partial charge in [-0.2, -0.15) is 13.2 Å². The first-order valence-corrected chi connectivity index (χ1v) is 7.01. The van der Waals surface area contributed by atoms with Gasteiger partial charge in [0.15, 0.2) is 11.6 Å². The van der Waals surface area contributed by atoms with Gasteiger partial charge in [0.2, 0.25) is 0 Å². The quantitative estimate of drug-likeness (QED) is 0.849. The first kappa shape index (κ1) is 16.1. The van der Waals surface area contributed by atoms with Crippen molar-refractivity contribution in [1.29, 1.82) is 0 Å². The average molecular weight is 305 g/mol. The molecular formula is C15H19F4NO. The number of rotatable bonds is 3. The van der Waals surface area contributed by atoms with Gasteiger partial charge >= 0.3 is 6.18 Å². The maximum atomic E-state index is 14.2. The van der Waals surface area contributed by atoms with E-state index in [0.717, 1.165) is 0 Å². The van der Waals surface area contributed by atoms with Crippen LogP contribution >= 0.6 is 0 Å². The highest BCUT2D eigenvalue weighted by molar-refractivity contribution is 5.33. The molecule has 6 heteroatoms. The molecule has 0 heterocycles. The smallest absolute Gasteiger partial charge is 0.392 e. The van der Waals surface area contributed by atoms with Crippen LogP contribution in [0.5, 0.6) is 5.75 Å². The third kappa shape index (κ3) is 3.31. The molecule has 2 rings (SSSR count). The molecule has 1 fully saturated rings. The zero-order valence-corrected chi connectivity index (χ0v) is 11.8. The standard InChI is InChI=1S/C15H19F4NO/c1-21-12-8-4-6-10(13(12)16)14(20)9-5-2-3-7-11(9)15(17,18)19/h4,6,8-9,11,14H,2-3,5,7,20H2,1H3. The highest BCUT2D eigenvalue weighted by Crippen LogP contribution is 2.46. The van der Waals surface area contributed by atoms with E-state index in [0.29, 0.717) is 19.3 Å². The van der Waals surface area contributed by atoms with E-state index in [1.165, 1.54) is 19.2 Å². The highest BCUT2D eigenvalue weighted by atomic mass is 19.4. The lowest BCUT2D eigenvalue weighted by atomic mass is 9.73. The van der Waals surface area contributed by atoms with Crippen LogP contribution in [0.4, 0.5) is 17.6 Å². The number of methoxy groups -OCH3 is 1. The minimum absolute atomic E-state index is 0.00215. The average Bonchev–Trinajstić information content (AvgIpc) is 2.46. The number of hydrogen-bond acceptors (Lipinski definition) is 2. The molecule has 2 N–H and O–H groups in total. The molecule has 118 valence electrons. The van der Waals surface area contributed by atoms with Crippen molar-refractivity contribution in [2.45, 2.75) is 37.9 Å². The monoisotopic (exact) mass is 305 g/mol. The van der Waals surface area contributed by atoms with Gasteiger partial charge in [0, 0.05) is 11.6 Å². The summed E-state index contributed by atoms with van der Waals surface area (Å²) in [4.78, 5) is 0. The molecule has 1 aromatic carbocycles. The lowest BCUT2D eigenvalue weighted by Crippen LogP contribution is -2.39. The molecule has 0 aromatic heterocycles. The fourth-order valence-corrected chi connectivity index (χ4v) is 3.17. The second kappa shape index (κ2) is 6.22. The Labute approximate surface area is 121 Å². The number of ether oxygens (including phenoxy) is 1. The summed E-state index contributed by atoms with van der Waals surface area (Å²) in [5.41, 5.74) is 6.08. The predicted molar refractivity (Wildman–Crippen MR) is 71.4 cm³/mol. The van der Waals surface area contributed by atoms with E-state index in [4.69, 9.17) is 10.5 Å². The van der Waals surface area contributed by atoms with E-state index in [9.17, 15) is 17.6 Å². The van der Waals surface area contributed by atoms with E-state index < -0.39 is 29.9 Å². The van der Waals surface area contributed by atoms with E-state index in [1.807, 2.05) is 0 Å². The third-order valence-corrected chi connectivity index (χ3v) is 4.27. The molecule has 21 heavy (non-hydrogen) atoms. The summed E-state index contributed by atoms with van der Waals surface area (Å²) in [7, 11) is 1.31. The molecule has 0 saturated heterocycles. The van der Waals surface area contributed by atoms with Crippen molar-refractivity contribution in [3.8, 4) is 5.75 Å². The van der Waals surface area contributed by atoms with E-state index in [1.54, 1.807) is 6.07 Å². The summed E-state index contributed by atoms with van der Waals surface area (Å²) >= 11 is 0. The van der Waals surface area contributed by atoms with Crippen molar-refractivity contribution >= 4 is 0 Å². The molecule has 0 radical (unpaired) electrons. The van der Waals surface area contributed by atoms with Gasteiger partial charge in [-0.15, -0.1) is 0 Å². The number of halogens is 4. The first-order chi connectivity index (χ1) is 9.86. The lowest BCUT2D eigenvalue weighted by molar-refractivity contribution is -0.198. The summed E-state index contributed by atoms with van der Waals surface area (Å²) in [6, 6.07) is 3.42. The molecule has 2 nitrogen and oxygen atoms in total. The third-order valence-electron chi connectivity index (χ3n) is 4.27. The highest BCUT2D eigenvalue weighted by Gasteiger charge is 2.47. The maximum Gasteiger partial charge on any atom is 0.392 e. The van der Waals surface area contributed by atoms with Gasteiger partial charge < -0.3 is 10.5 Å². The topological polar surface area (TPSA) is 35.2 Å². The number of hydrogen-bond donors (Lipinski definition) is 1. The van der Waals surface area contributed by atoms with Gasteiger partial charge in [-0.3, -0.25) is 0 Å². The molecule has 0 aliphatic heterocycles. The Balaban J connectivity index is 2.31. The molecule has 0 spiro atoms. The molecule has 3 unspecified atom stereocenters. The van der Waals surface area contributed by atoms with Crippen molar-refractivity contribution in [1.82, 2.24) is 0 Å². The Morgan fingerprint density at radius 3 is 2.52 bits per heavy atom. The van der Waals surface area contributed by atoms with Crippen LogP contribution in [-0.2, 0) is 0 Å². The Hall–Kier alpha value is -1.30. The summed E-state index contributed by atoms with van der Waals surface area (Å²) in [6.07, 6.45) is -2.64. The molecule has 1 saturated carbocycles. The Kier molecular flexibility index (Phi) is 4.76. The van der Waals surface area contributed by atoms with Crippen LogP contribution in [0.25, 0.3) is 0 Å². The Morgan fingerprint density at radius 2 is 1.90 bits per heavy atom. The van der Waals surface area contributed by atoms with E-state index in [-0.39, 0.29) is 17.7 Å². The van der Waals surface area contributed by atoms with Crippen molar-refractivity contribution in [3.63, 3.8) is 0 Å². The van der Waals surface area contributed by atoms with Crippen LogP contribution in [0.1, 0.15) is 37.3 Å². The largest absolute Gasteiger partial charge is 0.494 e. The van der Waals surface area contributed by atoms with E-state index >= 15 is 0 Å². The zero-order valence-electron chi connectivity index (χ0n) is 11.8. The van der Waals surface area contributed by atoms with Crippen LogP contribution in [0.15, 0.2) is 18.2 Å². The fourth-order valence-electron chi connectivity index (χ4n) is 3.17.